The molecule has 0 N–H and O–H groups in total. The van der Waals surface area contributed by atoms with E-state index in [9.17, 15) is 4.79 Å². The average molecular weight is 135 g/mol. The molecule has 0 aromatic carbocycles. The normalized spacial score (nSPS) is 9.00. The van der Waals surface area contributed by atoms with E-state index in [1.807, 2.05) is 0 Å². The first-order valence-corrected chi connectivity index (χ1v) is 2.24. The molecule has 1 nitrogen and oxygen atoms in total. The van der Waals surface area contributed by atoms with Gasteiger partial charge in [0.05, 0.1) is 0 Å². The zero-order chi connectivity index (χ0) is 4.12. The summed E-state index contributed by atoms with van der Waals surface area (Å²) < 4.78 is 0. The summed E-state index contributed by atoms with van der Waals surface area (Å²) in [6.07, 6.45) is 2.15. The Morgan fingerprint density at radius 2 is 2.20 bits per heavy atom. The molecule has 0 rings (SSSR count). The standard InChI is InChI=1S/C3H4OSe/c4-2-1-3-5/h1-3,5H. The summed E-state index contributed by atoms with van der Waals surface area (Å²) in [5.41, 5.74) is 0. The molecule has 0 aliphatic rings. The molecule has 0 aromatic rings. The molecule has 0 unspecified atom stereocenters. The molecule has 0 aliphatic heterocycles. The average Bonchev–Trinajstić information content (AvgIpc) is 1.41. The van der Waals surface area contributed by atoms with E-state index >= 15 is 0 Å². The Bertz CT molecular complexity index is 48.9. The molecule has 2 heteroatoms. The van der Waals surface area contributed by atoms with Gasteiger partial charge in [0.15, 0.2) is 0 Å². The Morgan fingerprint density at radius 1 is 1.60 bits per heavy atom. The minimum atomic E-state index is 0.734. The molecule has 0 heterocycles. The number of aldehydes is 1. The van der Waals surface area contributed by atoms with Crippen molar-refractivity contribution in [3.63, 3.8) is 0 Å². The van der Waals surface area contributed by atoms with Crippen LogP contribution in [0.1, 0.15) is 0 Å². The topological polar surface area (TPSA) is 17.1 Å². The molecule has 0 radical (unpaired) electrons. The fraction of sp³-hybridized carbons (Fsp3) is 0. The van der Waals surface area contributed by atoms with Gasteiger partial charge in [0.25, 0.3) is 0 Å². The Kier molecular flexibility index (Phi) is 3.87. The molecule has 0 saturated carbocycles. The third kappa shape index (κ3) is 3.93. The van der Waals surface area contributed by atoms with E-state index in [0.717, 1.165) is 6.29 Å². The van der Waals surface area contributed by atoms with Crippen molar-refractivity contribution in [2.45, 2.75) is 0 Å². The molecule has 28 valence electrons. The third-order valence-corrected chi connectivity index (χ3v) is 0.526. The second-order valence-corrected chi connectivity index (χ2v) is 1.10. The molecular formula is C3H4OSe. The van der Waals surface area contributed by atoms with E-state index in [4.69, 9.17) is 0 Å². The van der Waals surface area contributed by atoms with Crippen LogP contribution in [0.2, 0.25) is 0 Å². The van der Waals surface area contributed by atoms with E-state index < -0.39 is 0 Å². The van der Waals surface area contributed by atoms with Gasteiger partial charge in [-0.2, -0.15) is 0 Å². The molecule has 5 heavy (non-hydrogen) atoms. The van der Waals surface area contributed by atoms with Crippen molar-refractivity contribution in [3.8, 4) is 0 Å². The monoisotopic (exact) mass is 136 g/mol. The summed E-state index contributed by atoms with van der Waals surface area (Å²) in [6.45, 7) is 0. The summed E-state index contributed by atoms with van der Waals surface area (Å²) in [6, 6.07) is 0. The van der Waals surface area contributed by atoms with Crippen LogP contribution >= 0.6 is 0 Å². The number of rotatable bonds is 1. The van der Waals surface area contributed by atoms with E-state index in [1.54, 1.807) is 4.97 Å². The summed E-state index contributed by atoms with van der Waals surface area (Å²) in [5, 5.41) is 0. The van der Waals surface area contributed by atoms with E-state index in [2.05, 4.69) is 16.0 Å². The zero-order valence-electron chi connectivity index (χ0n) is 2.59. The second-order valence-electron chi connectivity index (χ2n) is 0.478. The van der Waals surface area contributed by atoms with Crippen molar-refractivity contribution < 1.29 is 4.79 Å². The van der Waals surface area contributed by atoms with Gasteiger partial charge < -0.3 is 0 Å². The zero-order valence-corrected chi connectivity index (χ0v) is 4.46. The summed E-state index contributed by atoms with van der Waals surface area (Å²) in [7, 11) is 0. The van der Waals surface area contributed by atoms with E-state index in [-0.39, 0.29) is 0 Å². The minimum absolute atomic E-state index is 0.734. The van der Waals surface area contributed by atoms with Gasteiger partial charge in [-0.25, -0.2) is 0 Å². The third-order valence-electron chi connectivity index (χ3n) is 0.165. The van der Waals surface area contributed by atoms with Gasteiger partial charge >= 0.3 is 38.1 Å². The first kappa shape index (κ1) is 4.93. The molecule has 0 spiro atoms. The van der Waals surface area contributed by atoms with Gasteiger partial charge in [-0.1, -0.05) is 0 Å². The van der Waals surface area contributed by atoms with Crippen molar-refractivity contribution in [3.05, 3.63) is 11.1 Å². The first-order chi connectivity index (χ1) is 2.41. The number of hydrogen-bond acceptors (Lipinski definition) is 1. The first-order valence-electron chi connectivity index (χ1n) is 1.16. The van der Waals surface area contributed by atoms with Gasteiger partial charge in [-0.05, 0) is 0 Å². The SMILES string of the molecule is O=CC=C[SeH]. The second kappa shape index (κ2) is 3.93. The summed E-state index contributed by atoms with van der Waals surface area (Å²) in [5.74, 6) is 0. The van der Waals surface area contributed by atoms with Gasteiger partial charge in [0.1, 0.15) is 0 Å². The van der Waals surface area contributed by atoms with Crippen LogP contribution in [-0.2, 0) is 4.79 Å². The fourth-order valence-corrected chi connectivity index (χ4v) is 0.183. The summed E-state index contributed by atoms with van der Waals surface area (Å²) in [4.78, 5) is 10.9. The molecule has 0 saturated heterocycles. The van der Waals surface area contributed by atoms with E-state index in [0.29, 0.717) is 0 Å². The van der Waals surface area contributed by atoms with Gasteiger partial charge in [0, 0.05) is 0 Å². The van der Waals surface area contributed by atoms with Crippen LogP contribution in [0.4, 0.5) is 0 Å². The van der Waals surface area contributed by atoms with Crippen LogP contribution in [-0.4, -0.2) is 22.3 Å². The van der Waals surface area contributed by atoms with Crippen molar-refractivity contribution in [1.29, 1.82) is 0 Å². The number of carbonyl (C=O) groups excluding carboxylic acids is 1. The Hall–Kier alpha value is -0.0705. The van der Waals surface area contributed by atoms with Crippen molar-refractivity contribution >= 4 is 22.3 Å². The van der Waals surface area contributed by atoms with Crippen LogP contribution in [0.3, 0.4) is 0 Å². The number of carbonyl (C=O) groups is 1. The molecule has 0 aromatic heterocycles. The molecule has 0 amide bonds. The van der Waals surface area contributed by atoms with Gasteiger partial charge in [0.2, 0.25) is 0 Å². The van der Waals surface area contributed by atoms with Crippen LogP contribution in [0.5, 0.6) is 0 Å². The van der Waals surface area contributed by atoms with Gasteiger partial charge in [-0.15, -0.1) is 0 Å². The Morgan fingerprint density at radius 3 is 2.20 bits per heavy atom. The van der Waals surface area contributed by atoms with Crippen LogP contribution < -0.4 is 0 Å². The van der Waals surface area contributed by atoms with Crippen molar-refractivity contribution in [2.24, 2.45) is 0 Å². The maximum atomic E-state index is 9.31. The summed E-state index contributed by atoms with van der Waals surface area (Å²) >= 11 is 2.17. The molecule has 0 atom stereocenters. The van der Waals surface area contributed by atoms with Crippen molar-refractivity contribution in [1.82, 2.24) is 0 Å². The molecule has 0 fully saturated rings. The number of hydrogen-bond donors (Lipinski definition) is 0. The Balaban J connectivity index is 2.92. The predicted octanol–water partition coefficient (Wildman–Crippen LogP) is -0.400. The predicted molar refractivity (Wildman–Crippen MR) is 22.4 cm³/mol. The maximum absolute atomic E-state index is 9.31. The van der Waals surface area contributed by atoms with Crippen LogP contribution in [0, 0.1) is 0 Å². The van der Waals surface area contributed by atoms with Gasteiger partial charge in [-0.3, -0.25) is 0 Å². The van der Waals surface area contributed by atoms with Crippen LogP contribution in [0.25, 0.3) is 0 Å². The van der Waals surface area contributed by atoms with E-state index in [1.165, 1.54) is 6.08 Å². The molecule has 0 aliphatic carbocycles. The quantitative estimate of drug-likeness (QED) is 0.271. The van der Waals surface area contributed by atoms with Crippen LogP contribution in [0.15, 0.2) is 11.1 Å². The Labute approximate surface area is 38.9 Å². The fourth-order valence-electron chi connectivity index (χ4n) is 0.0351. The number of allylic oxidation sites excluding steroid dienone is 1. The molecular weight excluding hydrogens is 131 g/mol. The van der Waals surface area contributed by atoms with Crippen molar-refractivity contribution in [2.75, 3.05) is 0 Å². The molecule has 0 bridgehead atoms.